The zero-order valence-corrected chi connectivity index (χ0v) is 16.3. The predicted octanol–water partition coefficient (Wildman–Crippen LogP) is 3.51. The topological polar surface area (TPSA) is 84.0 Å². The van der Waals surface area contributed by atoms with Gasteiger partial charge in [0.05, 0.1) is 17.0 Å². The fraction of sp³-hybridized carbons (Fsp3) is 0.158. The Morgan fingerprint density at radius 3 is 2.52 bits per heavy atom. The van der Waals surface area contributed by atoms with Crippen molar-refractivity contribution in [2.24, 2.45) is 0 Å². The first kappa shape index (κ1) is 19.1. The van der Waals surface area contributed by atoms with E-state index in [9.17, 15) is 9.59 Å². The number of rotatable bonds is 7. The number of nitrogens with one attached hydrogen (secondary N) is 2. The normalized spacial score (nSPS) is 10.4. The average Bonchev–Trinajstić information content (AvgIpc) is 3.11. The molecule has 1 aromatic heterocycles. The summed E-state index contributed by atoms with van der Waals surface area (Å²) in [7, 11) is 0. The molecule has 0 saturated carbocycles. The monoisotopic (exact) mass is 398 g/mol. The molecule has 27 heavy (non-hydrogen) atoms. The first-order chi connectivity index (χ1) is 13.1. The van der Waals surface area contributed by atoms with Crippen molar-refractivity contribution in [3.63, 3.8) is 0 Å². The maximum Gasteiger partial charge on any atom is 0.253 e. The third-order valence-corrected chi connectivity index (χ3v) is 5.55. The molecular formula is C19H18N4O2S2. The van der Waals surface area contributed by atoms with Gasteiger partial charge in [0.15, 0.2) is 4.34 Å². The van der Waals surface area contributed by atoms with Crippen molar-refractivity contribution in [3.8, 4) is 0 Å². The number of anilines is 1. The van der Waals surface area contributed by atoms with Crippen LogP contribution in [-0.4, -0.2) is 27.8 Å². The highest BCUT2D eigenvalue weighted by molar-refractivity contribution is 8.01. The van der Waals surface area contributed by atoms with Crippen molar-refractivity contribution >= 4 is 40.6 Å². The summed E-state index contributed by atoms with van der Waals surface area (Å²) in [5.41, 5.74) is 1.93. The van der Waals surface area contributed by atoms with E-state index >= 15 is 0 Å². The lowest BCUT2D eigenvalue weighted by atomic mass is 10.1. The molecular weight excluding hydrogens is 380 g/mol. The van der Waals surface area contributed by atoms with E-state index in [1.165, 1.54) is 23.1 Å². The number of carbonyl (C=O) groups is 2. The van der Waals surface area contributed by atoms with Crippen molar-refractivity contribution in [3.05, 3.63) is 70.7 Å². The molecule has 0 unspecified atom stereocenters. The molecule has 138 valence electrons. The van der Waals surface area contributed by atoms with E-state index in [1.54, 1.807) is 24.3 Å². The van der Waals surface area contributed by atoms with Crippen molar-refractivity contribution in [1.29, 1.82) is 0 Å². The SMILES string of the molecule is Cc1nnc(SCC(=O)Nc2ccccc2C(=O)NCc2ccccc2)s1. The summed E-state index contributed by atoms with van der Waals surface area (Å²) in [4.78, 5) is 24.8. The summed E-state index contributed by atoms with van der Waals surface area (Å²) in [6.45, 7) is 2.29. The zero-order chi connectivity index (χ0) is 19.1. The number of nitrogens with zero attached hydrogens (tertiary/aromatic N) is 2. The Hall–Kier alpha value is -2.71. The molecule has 0 aliphatic carbocycles. The van der Waals surface area contributed by atoms with Crippen molar-refractivity contribution in [2.75, 3.05) is 11.1 Å². The predicted molar refractivity (Wildman–Crippen MR) is 108 cm³/mol. The van der Waals surface area contributed by atoms with Gasteiger partial charge in [-0.15, -0.1) is 10.2 Å². The fourth-order valence-electron chi connectivity index (χ4n) is 2.31. The highest BCUT2D eigenvalue weighted by Gasteiger charge is 2.13. The van der Waals surface area contributed by atoms with E-state index in [-0.39, 0.29) is 17.6 Å². The van der Waals surface area contributed by atoms with Gasteiger partial charge in [0.1, 0.15) is 5.01 Å². The van der Waals surface area contributed by atoms with Gasteiger partial charge < -0.3 is 10.6 Å². The van der Waals surface area contributed by atoms with Gasteiger partial charge in [-0.05, 0) is 24.6 Å². The van der Waals surface area contributed by atoms with Crippen LogP contribution >= 0.6 is 23.1 Å². The van der Waals surface area contributed by atoms with Crippen LogP contribution in [0.4, 0.5) is 5.69 Å². The third-order valence-electron chi connectivity index (χ3n) is 3.58. The minimum atomic E-state index is -0.234. The molecule has 0 aliphatic rings. The Labute approximate surface area is 165 Å². The Morgan fingerprint density at radius 1 is 1.04 bits per heavy atom. The minimum Gasteiger partial charge on any atom is -0.348 e. The molecule has 0 spiro atoms. The molecule has 0 radical (unpaired) electrons. The fourth-order valence-corrected chi connectivity index (χ4v) is 3.93. The average molecular weight is 399 g/mol. The highest BCUT2D eigenvalue weighted by Crippen LogP contribution is 2.22. The van der Waals surface area contributed by atoms with Crippen LogP contribution in [0.25, 0.3) is 0 Å². The number of carbonyl (C=O) groups excluding carboxylic acids is 2. The zero-order valence-electron chi connectivity index (χ0n) is 14.6. The number of aromatic nitrogens is 2. The smallest absolute Gasteiger partial charge is 0.253 e. The second-order valence-corrected chi connectivity index (χ2v) is 8.04. The molecule has 0 saturated heterocycles. The van der Waals surface area contributed by atoms with Gasteiger partial charge in [-0.25, -0.2) is 0 Å². The maximum atomic E-state index is 12.5. The van der Waals surface area contributed by atoms with Crippen LogP contribution in [0, 0.1) is 6.92 Å². The molecule has 3 aromatic rings. The molecule has 1 heterocycles. The molecule has 0 bridgehead atoms. The Morgan fingerprint density at radius 2 is 1.78 bits per heavy atom. The standard InChI is InChI=1S/C19H18N4O2S2/c1-13-22-23-19(27-13)26-12-17(24)21-16-10-6-5-9-15(16)18(25)20-11-14-7-3-2-4-8-14/h2-10H,11-12H2,1H3,(H,20,25)(H,21,24). The largest absolute Gasteiger partial charge is 0.348 e. The van der Waals surface area contributed by atoms with E-state index in [0.29, 0.717) is 17.8 Å². The quantitative estimate of drug-likeness (QED) is 0.595. The molecule has 0 aliphatic heterocycles. The number of para-hydroxylation sites is 1. The molecule has 0 atom stereocenters. The minimum absolute atomic E-state index is 0.198. The number of aryl methyl sites for hydroxylation is 1. The second-order valence-electron chi connectivity index (χ2n) is 5.64. The van der Waals surface area contributed by atoms with Crippen molar-refractivity contribution < 1.29 is 9.59 Å². The van der Waals surface area contributed by atoms with Gasteiger partial charge in [-0.1, -0.05) is 65.6 Å². The Bertz CT molecular complexity index is 928. The number of benzene rings is 2. The van der Waals surface area contributed by atoms with Crippen LogP contribution in [0.3, 0.4) is 0 Å². The van der Waals surface area contributed by atoms with Crippen LogP contribution < -0.4 is 10.6 Å². The molecule has 2 N–H and O–H groups in total. The maximum absolute atomic E-state index is 12.5. The van der Waals surface area contributed by atoms with E-state index in [0.717, 1.165) is 14.9 Å². The van der Waals surface area contributed by atoms with E-state index in [2.05, 4.69) is 20.8 Å². The number of thioether (sulfide) groups is 1. The summed E-state index contributed by atoms with van der Waals surface area (Å²) in [5, 5.41) is 14.4. The van der Waals surface area contributed by atoms with Crippen LogP contribution in [0.2, 0.25) is 0 Å². The lowest BCUT2D eigenvalue weighted by molar-refractivity contribution is -0.113. The van der Waals surface area contributed by atoms with Gasteiger partial charge in [-0.3, -0.25) is 9.59 Å². The molecule has 8 heteroatoms. The van der Waals surface area contributed by atoms with Crippen LogP contribution in [0.1, 0.15) is 20.9 Å². The van der Waals surface area contributed by atoms with E-state index < -0.39 is 0 Å². The van der Waals surface area contributed by atoms with Crippen LogP contribution in [0.5, 0.6) is 0 Å². The van der Waals surface area contributed by atoms with Gasteiger partial charge in [0.25, 0.3) is 5.91 Å². The van der Waals surface area contributed by atoms with E-state index in [4.69, 9.17) is 0 Å². The van der Waals surface area contributed by atoms with Gasteiger partial charge in [-0.2, -0.15) is 0 Å². The van der Waals surface area contributed by atoms with Crippen LogP contribution in [0.15, 0.2) is 58.9 Å². The summed E-state index contributed by atoms with van der Waals surface area (Å²) in [6.07, 6.45) is 0. The van der Waals surface area contributed by atoms with Gasteiger partial charge in [0, 0.05) is 6.54 Å². The number of hydrogen-bond acceptors (Lipinski definition) is 6. The van der Waals surface area contributed by atoms with Gasteiger partial charge in [0.2, 0.25) is 5.91 Å². The van der Waals surface area contributed by atoms with Gasteiger partial charge >= 0.3 is 0 Å². The second kappa shape index (κ2) is 9.29. The van der Waals surface area contributed by atoms with E-state index in [1.807, 2.05) is 37.3 Å². The first-order valence-corrected chi connectivity index (χ1v) is 10.1. The lowest BCUT2D eigenvalue weighted by Crippen LogP contribution is -2.25. The summed E-state index contributed by atoms with van der Waals surface area (Å²) in [6, 6.07) is 16.6. The third kappa shape index (κ3) is 5.63. The first-order valence-electron chi connectivity index (χ1n) is 8.26. The molecule has 2 aromatic carbocycles. The highest BCUT2D eigenvalue weighted by atomic mass is 32.2. The van der Waals surface area contributed by atoms with Crippen LogP contribution in [-0.2, 0) is 11.3 Å². The summed E-state index contributed by atoms with van der Waals surface area (Å²) in [5.74, 6) is -0.229. The molecule has 6 nitrogen and oxygen atoms in total. The summed E-state index contributed by atoms with van der Waals surface area (Å²) < 4.78 is 0.747. The number of hydrogen-bond donors (Lipinski definition) is 2. The lowest BCUT2D eigenvalue weighted by Gasteiger charge is -2.11. The summed E-state index contributed by atoms with van der Waals surface area (Å²) >= 11 is 2.77. The molecule has 0 fully saturated rings. The van der Waals surface area contributed by atoms with Crippen molar-refractivity contribution in [2.45, 2.75) is 17.8 Å². The molecule has 2 amide bonds. The molecule has 3 rings (SSSR count). The Kier molecular flexibility index (Phi) is 6.56. The Balaban J connectivity index is 1.59. The number of amides is 2. The van der Waals surface area contributed by atoms with Crippen molar-refractivity contribution in [1.82, 2.24) is 15.5 Å².